The average Bonchev–Trinajstić information content (AvgIpc) is 1.88. The molecule has 1 rings (SSSR count). The number of carbonyl (C=O) groups excluding carboxylic acids is 1. The Kier molecular flexibility index (Phi) is 2.55. The van der Waals surface area contributed by atoms with Crippen LogP contribution in [-0.2, 0) is 9.53 Å². The van der Waals surface area contributed by atoms with Gasteiger partial charge in [-0.2, -0.15) is 0 Å². The molecule has 1 aliphatic heterocycles. The number of hydrogen-bond acceptors (Lipinski definition) is 2. The lowest BCUT2D eigenvalue weighted by molar-refractivity contribution is -0.151. The molecule has 58 valence electrons. The zero-order chi connectivity index (χ0) is 7.61. The van der Waals surface area contributed by atoms with Crippen LogP contribution in [0.1, 0.15) is 19.8 Å². The molecule has 0 radical (unpaired) electrons. The predicted molar refractivity (Wildman–Crippen MR) is 47.2 cm³/mol. The van der Waals surface area contributed by atoms with E-state index in [2.05, 4.69) is 29.5 Å². The van der Waals surface area contributed by atoms with E-state index in [1.807, 2.05) is 0 Å². The summed E-state index contributed by atoms with van der Waals surface area (Å²) in [5, 5.41) is 0. The third-order valence-electron chi connectivity index (χ3n) is 1.86. The molecule has 2 nitrogen and oxygen atoms in total. The monoisotopic (exact) mass is 254 g/mol. The smallest absolute Gasteiger partial charge is 0.306 e. The molecule has 0 amide bonds. The first-order valence-electron chi connectivity index (χ1n) is 3.38. The zero-order valence-electron chi connectivity index (χ0n) is 6.02. The van der Waals surface area contributed by atoms with E-state index in [9.17, 15) is 4.79 Å². The van der Waals surface area contributed by atoms with E-state index in [0.29, 0.717) is 13.0 Å². The number of carbonyl (C=O) groups is 1. The van der Waals surface area contributed by atoms with Gasteiger partial charge >= 0.3 is 5.97 Å². The van der Waals surface area contributed by atoms with Gasteiger partial charge in [0.2, 0.25) is 0 Å². The fourth-order valence-electron chi connectivity index (χ4n) is 1.01. The summed E-state index contributed by atoms with van der Waals surface area (Å²) in [6.07, 6.45) is 1.61. The van der Waals surface area contributed by atoms with Crippen LogP contribution in [0.25, 0.3) is 0 Å². The molecule has 0 aliphatic carbocycles. The highest BCUT2D eigenvalue weighted by atomic mass is 127. The second-order valence-electron chi connectivity index (χ2n) is 3.09. The zero-order valence-corrected chi connectivity index (χ0v) is 8.18. The number of alkyl halides is 1. The van der Waals surface area contributed by atoms with Crippen molar-refractivity contribution in [1.82, 2.24) is 0 Å². The molecule has 0 aromatic rings. The highest BCUT2D eigenvalue weighted by Crippen LogP contribution is 2.31. The summed E-state index contributed by atoms with van der Waals surface area (Å²) in [6.45, 7) is 2.75. The van der Waals surface area contributed by atoms with Crippen molar-refractivity contribution >= 4 is 28.6 Å². The summed E-state index contributed by atoms with van der Waals surface area (Å²) in [5.74, 6) is -0.0367. The van der Waals surface area contributed by atoms with Crippen LogP contribution < -0.4 is 0 Å². The molecular formula is C7H11IO2. The number of cyclic esters (lactones) is 1. The van der Waals surface area contributed by atoms with Crippen molar-refractivity contribution in [1.29, 1.82) is 0 Å². The van der Waals surface area contributed by atoms with Crippen molar-refractivity contribution in [3.8, 4) is 0 Å². The van der Waals surface area contributed by atoms with Crippen molar-refractivity contribution in [3.63, 3.8) is 0 Å². The molecule has 0 spiro atoms. The van der Waals surface area contributed by atoms with Gasteiger partial charge in [0, 0.05) is 4.43 Å². The molecule has 1 unspecified atom stereocenters. The second kappa shape index (κ2) is 3.07. The molecule has 10 heavy (non-hydrogen) atoms. The largest absolute Gasteiger partial charge is 0.466 e. The Morgan fingerprint density at radius 1 is 1.80 bits per heavy atom. The van der Waals surface area contributed by atoms with Crippen molar-refractivity contribution in [2.24, 2.45) is 5.41 Å². The molecule has 1 saturated heterocycles. The third kappa shape index (κ3) is 1.84. The second-order valence-corrected chi connectivity index (χ2v) is 3.85. The van der Waals surface area contributed by atoms with Gasteiger partial charge in [-0.3, -0.25) is 4.79 Å². The topological polar surface area (TPSA) is 26.3 Å². The first-order valence-corrected chi connectivity index (χ1v) is 4.90. The van der Waals surface area contributed by atoms with Crippen LogP contribution >= 0.6 is 22.6 Å². The molecule has 0 N–H and O–H groups in total. The van der Waals surface area contributed by atoms with Gasteiger partial charge in [-0.25, -0.2) is 0 Å². The normalized spacial score (nSPS) is 33.6. The fourth-order valence-corrected chi connectivity index (χ4v) is 1.66. The number of ether oxygens (including phenoxy) is 1. The Morgan fingerprint density at radius 2 is 2.50 bits per heavy atom. The SMILES string of the molecule is CC1(CI)CCOC(=O)C1. The van der Waals surface area contributed by atoms with Crippen LogP contribution in [0, 0.1) is 5.41 Å². The van der Waals surface area contributed by atoms with Crippen molar-refractivity contribution in [2.75, 3.05) is 11.0 Å². The first-order chi connectivity index (χ1) is 4.66. The maximum atomic E-state index is 10.8. The Bertz CT molecular complexity index is 147. The summed E-state index contributed by atoms with van der Waals surface area (Å²) in [6, 6.07) is 0. The number of rotatable bonds is 1. The van der Waals surface area contributed by atoms with Crippen LogP contribution in [0.3, 0.4) is 0 Å². The Hall–Kier alpha value is 0.200. The molecule has 0 aromatic heterocycles. The van der Waals surface area contributed by atoms with Gasteiger partial charge in [0.25, 0.3) is 0 Å². The molecule has 0 bridgehead atoms. The maximum absolute atomic E-state index is 10.8. The van der Waals surface area contributed by atoms with Gasteiger partial charge in [0.1, 0.15) is 0 Å². The molecule has 1 atom stereocenters. The van der Waals surface area contributed by atoms with Gasteiger partial charge in [-0.15, -0.1) is 0 Å². The number of halogens is 1. The number of esters is 1. The maximum Gasteiger partial charge on any atom is 0.306 e. The molecule has 0 aromatic carbocycles. The van der Waals surface area contributed by atoms with E-state index in [4.69, 9.17) is 4.74 Å². The van der Waals surface area contributed by atoms with Gasteiger partial charge < -0.3 is 4.74 Å². The first kappa shape index (κ1) is 8.30. The van der Waals surface area contributed by atoms with Crippen LogP contribution in [0.2, 0.25) is 0 Å². The molecule has 1 heterocycles. The Balaban J connectivity index is 2.53. The lowest BCUT2D eigenvalue weighted by atomic mass is 9.85. The van der Waals surface area contributed by atoms with Crippen molar-refractivity contribution in [2.45, 2.75) is 19.8 Å². The van der Waals surface area contributed by atoms with E-state index >= 15 is 0 Å². The summed E-state index contributed by atoms with van der Waals surface area (Å²) in [5.41, 5.74) is 0.204. The average molecular weight is 254 g/mol. The third-order valence-corrected chi connectivity index (χ3v) is 3.70. The summed E-state index contributed by atoms with van der Waals surface area (Å²) in [7, 11) is 0. The van der Waals surface area contributed by atoms with Crippen LogP contribution in [0.15, 0.2) is 0 Å². The Morgan fingerprint density at radius 3 is 2.90 bits per heavy atom. The van der Waals surface area contributed by atoms with Gasteiger partial charge in [0.05, 0.1) is 13.0 Å². The highest BCUT2D eigenvalue weighted by molar-refractivity contribution is 14.1. The molecule has 1 aliphatic rings. The number of hydrogen-bond donors (Lipinski definition) is 0. The van der Waals surface area contributed by atoms with Gasteiger partial charge in [0.15, 0.2) is 0 Å². The fraction of sp³-hybridized carbons (Fsp3) is 0.857. The molecule has 1 fully saturated rings. The van der Waals surface area contributed by atoms with Crippen molar-refractivity contribution < 1.29 is 9.53 Å². The van der Waals surface area contributed by atoms with E-state index in [1.165, 1.54) is 0 Å². The molecule has 0 saturated carbocycles. The predicted octanol–water partition coefficient (Wildman–Crippen LogP) is 1.76. The minimum absolute atomic E-state index is 0.0367. The highest BCUT2D eigenvalue weighted by Gasteiger charge is 2.31. The van der Waals surface area contributed by atoms with E-state index in [0.717, 1.165) is 10.8 Å². The van der Waals surface area contributed by atoms with E-state index < -0.39 is 0 Å². The molecule has 3 heteroatoms. The van der Waals surface area contributed by atoms with Crippen LogP contribution in [0.4, 0.5) is 0 Å². The minimum Gasteiger partial charge on any atom is -0.466 e. The molecular weight excluding hydrogens is 243 g/mol. The van der Waals surface area contributed by atoms with Gasteiger partial charge in [-0.1, -0.05) is 29.5 Å². The lowest BCUT2D eigenvalue weighted by Gasteiger charge is -2.30. The lowest BCUT2D eigenvalue weighted by Crippen LogP contribution is -2.31. The minimum atomic E-state index is -0.0367. The van der Waals surface area contributed by atoms with Gasteiger partial charge in [-0.05, 0) is 11.8 Å². The van der Waals surface area contributed by atoms with Crippen molar-refractivity contribution in [3.05, 3.63) is 0 Å². The Labute approximate surface area is 74.5 Å². The summed E-state index contributed by atoms with van der Waals surface area (Å²) in [4.78, 5) is 10.8. The standard InChI is InChI=1S/C7H11IO2/c1-7(5-8)2-3-10-6(9)4-7/h2-5H2,1H3. The quantitative estimate of drug-likeness (QED) is 0.405. The van der Waals surface area contributed by atoms with Crippen LogP contribution in [-0.4, -0.2) is 17.0 Å². The van der Waals surface area contributed by atoms with E-state index in [1.54, 1.807) is 0 Å². The summed E-state index contributed by atoms with van der Waals surface area (Å²) >= 11 is 2.33. The van der Waals surface area contributed by atoms with E-state index in [-0.39, 0.29) is 11.4 Å². The summed E-state index contributed by atoms with van der Waals surface area (Å²) < 4.78 is 5.87. The van der Waals surface area contributed by atoms with Crippen LogP contribution in [0.5, 0.6) is 0 Å².